The van der Waals surface area contributed by atoms with Gasteiger partial charge in [0.05, 0.1) is 17.2 Å². The summed E-state index contributed by atoms with van der Waals surface area (Å²) in [5.41, 5.74) is 9.40. The summed E-state index contributed by atoms with van der Waals surface area (Å²) >= 11 is 3.54. The van der Waals surface area contributed by atoms with E-state index in [0.717, 1.165) is 23.0 Å². The van der Waals surface area contributed by atoms with Gasteiger partial charge in [-0.25, -0.2) is 9.37 Å². The Labute approximate surface area is 154 Å². The van der Waals surface area contributed by atoms with Gasteiger partial charge in [0.15, 0.2) is 0 Å². The van der Waals surface area contributed by atoms with E-state index >= 15 is 0 Å². The molecule has 3 aromatic heterocycles. The second-order valence-electron chi connectivity index (χ2n) is 6.54. The first-order chi connectivity index (χ1) is 12.5. The first-order valence-corrected chi connectivity index (χ1v) is 8.97. The van der Waals surface area contributed by atoms with Crippen molar-refractivity contribution >= 4 is 43.6 Å². The molecule has 3 heterocycles. The number of nitrogens with zero attached hydrogens (tertiary/aromatic N) is 2. The number of fused-ring (bicyclic) bond motifs is 2. The van der Waals surface area contributed by atoms with Crippen LogP contribution in [0.2, 0.25) is 0 Å². The molecule has 5 rings (SSSR count). The molecule has 1 aromatic carbocycles. The average Bonchev–Trinajstić information content (AvgIpc) is 3.33. The average molecular weight is 414 g/mol. The largest absolute Gasteiger partial charge is 0.394 e. The Kier molecular flexibility index (Phi) is 3.21. The van der Waals surface area contributed by atoms with Crippen LogP contribution in [0.25, 0.3) is 33.1 Å². The second kappa shape index (κ2) is 5.38. The third-order valence-electron chi connectivity index (χ3n) is 4.85. The number of aromatic nitrogens is 4. The molecule has 1 aliphatic rings. The first-order valence-electron chi connectivity index (χ1n) is 8.18. The smallest absolute Gasteiger partial charge is 0.272 e. The van der Waals surface area contributed by atoms with Gasteiger partial charge in [-0.2, -0.15) is 5.10 Å². The molecule has 8 heteroatoms. The van der Waals surface area contributed by atoms with Crippen molar-refractivity contribution in [3.63, 3.8) is 0 Å². The van der Waals surface area contributed by atoms with E-state index in [0.29, 0.717) is 33.5 Å². The van der Waals surface area contributed by atoms with Gasteiger partial charge in [-0.05, 0) is 57.9 Å². The molecule has 6 nitrogen and oxygen atoms in total. The van der Waals surface area contributed by atoms with Crippen molar-refractivity contribution in [1.29, 1.82) is 0 Å². The van der Waals surface area contributed by atoms with Crippen LogP contribution in [0.1, 0.15) is 24.3 Å². The summed E-state index contributed by atoms with van der Waals surface area (Å²) in [5.74, 6) is 0.0521. The summed E-state index contributed by atoms with van der Waals surface area (Å²) in [7, 11) is 0. The van der Waals surface area contributed by atoms with E-state index < -0.39 is 5.82 Å². The van der Waals surface area contributed by atoms with Gasteiger partial charge in [-0.3, -0.25) is 9.89 Å². The highest BCUT2D eigenvalue weighted by Gasteiger charge is 2.28. The highest BCUT2D eigenvalue weighted by atomic mass is 79.9. The summed E-state index contributed by atoms with van der Waals surface area (Å²) in [6.45, 7) is 0. The van der Waals surface area contributed by atoms with Gasteiger partial charge in [0.2, 0.25) is 0 Å². The molecule has 0 atom stereocenters. The lowest BCUT2D eigenvalue weighted by atomic mass is 9.98. The number of hydrogen-bond donors (Lipinski definition) is 3. The minimum absolute atomic E-state index is 0.0465. The van der Waals surface area contributed by atoms with Crippen LogP contribution in [-0.2, 0) is 0 Å². The van der Waals surface area contributed by atoms with Crippen molar-refractivity contribution in [3.8, 4) is 11.1 Å². The first kappa shape index (κ1) is 15.5. The summed E-state index contributed by atoms with van der Waals surface area (Å²) in [5, 5.41) is 7.11. The molecule has 0 radical (unpaired) electrons. The number of aromatic amines is 2. The zero-order valence-corrected chi connectivity index (χ0v) is 15.0. The van der Waals surface area contributed by atoms with Crippen molar-refractivity contribution < 1.29 is 4.39 Å². The standard InChI is InChI=1S/C18H13BrFN5O/c19-17-9(7-1-2-7)5-12-16(24-17)13(14(21)18(26)23-12)8-3-4-11(20)15-10(8)6-22-25-15/h3-7H,1-2,21H2,(H,22,25)(H,23,26). The van der Waals surface area contributed by atoms with Crippen molar-refractivity contribution in [1.82, 2.24) is 20.2 Å². The Morgan fingerprint density at radius 1 is 1.31 bits per heavy atom. The van der Waals surface area contributed by atoms with Gasteiger partial charge in [-0.15, -0.1) is 0 Å². The number of benzene rings is 1. The van der Waals surface area contributed by atoms with E-state index in [-0.39, 0.29) is 16.8 Å². The molecule has 130 valence electrons. The van der Waals surface area contributed by atoms with Crippen LogP contribution in [0.5, 0.6) is 0 Å². The van der Waals surface area contributed by atoms with E-state index in [2.05, 4.69) is 36.1 Å². The quantitative estimate of drug-likeness (QED) is 0.434. The Bertz CT molecular complexity index is 1260. The molecule has 1 fully saturated rings. The molecule has 0 amide bonds. The fraction of sp³-hybridized carbons (Fsp3) is 0.167. The van der Waals surface area contributed by atoms with E-state index in [1.807, 2.05) is 6.07 Å². The van der Waals surface area contributed by atoms with Gasteiger partial charge < -0.3 is 10.7 Å². The fourth-order valence-electron chi connectivity index (χ4n) is 3.40. The molecule has 4 N–H and O–H groups in total. The number of halogens is 2. The summed E-state index contributed by atoms with van der Waals surface area (Å²) < 4.78 is 14.8. The molecule has 0 spiro atoms. The van der Waals surface area contributed by atoms with Crippen LogP contribution in [0.3, 0.4) is 0 Å². The number of pyridine rings is 2. The van der Waals surface area contributed by atoms with Crippen LogP contribution >= 0.6 is 15.9 Å². The highest BCUT2D eigenvalue weighted by molar-refractivity contribution is 9.10. The topological polar surface area (TPSA) is 100 Å². The number of rotatable bonds is 2. The zero-order valence-electron chi connectivity index (χ0n) is 13.4. The summed E-state index contributed by atoms with van der Waals surface area (Å²) in [6.07, 6.45) is 3.75. The van der Waals surface area contributed by atoms with Crippen LogP contribution < -0.4 is 11.3 Å². The Hall–Kier alpha value is -2.74. The normalized spacial score (nSPS) is 14.4. The van der Waals surface area contributed by atoms with Crippen molar-refractivity contribution in [3.05, 3.63) is 50.7 Å². The van der Waals surface area contributed by atoms with Crippen molar-refractivity contribution in [2.24, 2.45) is 0 Å². The molecule has 1 saturated carbocycles. The number of H-pyrrole nitrogens is 2. The molecule has 0 bridgehead atoms. The maximum absolute atomic E-state index is 14.0. The number of nitrogen functional groups attached to an aromatic ring is 1. The maximum Gasteiger partial charge on any atom is 0.272 e. The minimum atomic E-state index is -0.417. The SMILES string of the molecule is Nc1c(-c2ccc(F)c3[nH]ncc23)c2nc(Br)c(C3CC3)cc2[nH]c1=O. The zero-order chi connectivity index (χ0) is 18.0. The molecule has 26 heavy (non-hydrogen) atoms. The van der Waals surface area contributed by atoms with E-state index in [9.17, 15) is 9.18 Å². The third kappa shape index (κ3) is 2.18. The van der Waals surface area contributed by atoms with Crippen LogP contribution in [0.15, 0.2) is 33.8 Å². The van der Waals surface area contributed by atoms with Gasteiger partial charge in [0, 0.05) is 10.9 Å². The fourth-order valence-corrected chi connectivity index (χ4v) is 4.01. The molecule has 0 aliphatic heterocycles. The van der Waals surface area contributed by atoms with Gasteiger partial charge in [0.25, 0.3) is 5.56 Å². The number of nitrogens with two attached hydrogens (primary N) is 1. The van der Waals surface area contributed by atoms with Gasteiger partial charge >= 0.3 is 0 Å². The van der Waals surface area contributed by atoms with Crippen molar-refractivity contribution in [2.45, 2.75) is 18.8 Å². The molecule has 4 aromatic rings. The molecular weight excluding hydrogens is 401 g/mol. The minimum Gasteiger partial charge on any atom is -0.394 e. The summed E-state index contributed by atoms with van der Waals surface area (Å²) in [6, 6.07) is 4.88. The van der Waals surface area contributed by atoms with Gasteiger partial charge in [0.1, 0.15) is 21.6 Å². The molecule has 0 unspecified atom stereocenters. The number of nitrogens with one attached hydrogen (secondary N) is 2. The Morgan fingerprint density at radius 2 is 2.12 bits per heavy atom. The monoisotopic (exact) mass is 413 g/mol. The Morgan fingerprint density at radius 3 is 2.88 bits per heavy atom. The number of hydrogen-bond acceptors (Lipinski definition) is 4. The lowest BCUT2D eigenvalue weighted by Gasteiger charge is -2.12. The third-order valence-corrected chi connectivity index (χ3v) is 5.49. The lowest BCUT2D eigenvalue weighted by Crippen LogP contribution is -2.14. The number of anilines is 1. The Balaban J connectivity index is 1.90. The highest BCUT2D eigenvalue weighted by Crippen LogP contribution is 2.44. The second-order valence-corrected chi connectivity index (χ2v) is 7.29. The van der Waals surface area contributed by atoms with Crippen LogP contribution in [0.4, 0.5) is 10.1 Å². The van der Waals surface area contributed by atoms with E-state index in [1.165, 1.54) is 12.3 Å². The van der Waals surface area contributed by atoms with Crippen molar-refractivity contribution in [2.75, 3.05) is 5.73 Å². The predicted octanol–water partition coefficient (Wildman–Crippen LogP) is 3.83. The lowest BCUT2D eigenvalue weighted by molar-refractivity contribution is 0.636. The van der Waals surface area contributed by atoms with E-state index in [4.69, 9.17) is 5.73 Å². The van der Waals surface area contributed by atoms with Crippen LogP contribution in [0, 0.1) is 5.82 Å². The van der Waals surface area contributed by atoms with E-state index in [1.54, 1.807) is 6.07 Å². The maximum atomic E-state index is 14.0. The molecule has 0 saturated heterocycles. The van der Waals surface area contributed by atoms with Crippen LogP contribution in [-0.4, -0.2) is 20.2 Å². The molecule has 1 aliphatic carbocycles. The predicted molar refractivity (Wildman–Crippen MR) is 101 cm³/mol. The summed E-state index contributed by atoms with van der Waals surface area (Å²) in [4.78, 5) is 19.9. The van der Waals surface area contributed by atoms with Gasteiger partial charge in [-0.1, -0.05) is 6.07 Å². The molecular formula is C18H13BrFN5O.